The largest absolute Gasteiger partial charge is 0.393 e. The molecule has 0 unspecified atom stereocenters. The molecule has 2 nitrogen and oxygen atoms in total. The molecule has 32 heavy (non-hydrogen) atoms. The van der Waals surface area contributed by atoms with Gasteiger partial charge in [0.05, 0.1) is 11.7 Å². The second-order valence-corrected chi connectivity index (χ2v) is 13.7. The highest BCUT2D eigenvalue weighted by molar-refractivity contribution is 5.03. The van der Waals surface area contributed by atoms with E-state index in [4.69, 9.17) is 0 Å². The molecule has 0 heterocycles. The van der Waals surface area contributed by atoms with E-state index >= 15 is 0 Å². The fourth-order valence-corrected chi connectivity index (χ4v) is 8.66. The van der Waals surface area contributed by atoms with E-state index in [0.717, 1.165) is 43.9 Å². The van der Waals surface area contributed by atoms with Crippen LogP contribution in [0, 0.1) is 46.3 Å². The third kappa shape index (κ3) is 5.42. The van der Waals surface area contributed by atoms with Gasteiger partial charge in [-0.25, -0.2) is 0 Å². The van der Waals surface area contributed by atoms with Gasteiger partial charge in [0, 0.05) is 0 Å². The van der Waals surface area contributed by atoms with Gasteiger partial charge in [-0.05, 0) is 117 Å². The van der Waals surface area contributed by atoms with E-state index in [2.05, 4.69) is 48.5 Å². The van der Waals surface area contributed by atoms with Gasteiger partial charge in [-0.3, -0.25) is 0 Å². The van der Waals surface area contributed by atoms with E-state index < -0.39 is 5.60 Å². The average Bonchev–Trinajstić information content (AvgIpc) is 3.13. The summed E-state index contributed by atoms with van der Waals surface area (Å²) in [5.41, 5.74) is 0.394. The molecule has 0 spiro atoms. The Labute approximate surface area is 200 Å². The second-order valence-electron chi connectivity index (χ2n) is 13.7. The first-order valence-electron chi connectivity index (χ1n) is 14.3. The molecular weight excluding hydrogens is 392 g/mol. The van der Waals surface area contributed by atoms with Gasteiger partial charge in [-0.15, -0.1) is 0 Å². The maximum Gasteiger partial charge on any atom is 0.0648 e. The predicted molar refractivity (Wildman–Crippen MR) is 137 cm³/mol. The molecule has 3 fully saturated rings. The third-order valence-corrected chi connectivity index (χ3v) is 11.3. The van der Waals surface area contributed by atoms with E-state index in [-0.39, 0.29) is 6.10 Å². The van der Waals surface area contributed by atoms with Crippen LogP contribution in [-0.2, 0) is 0 Å². The van der Waals surface area contributed by atoms with Gasteiger partial charge < -0.3 is 10.2 Å². The van der Waals surface area contributed by atoms with Crippen molar-refractivity contribution in [2.75, 3.05) is 0 Å². The summed E-state index contributed by atoms with van der Waals surface area (Å²) in [4.78, 5) is 0. The lowest BCUT2D eigenvalue weighted by Gasteiger charge is -2.57. The summed E-state index contributed by atoms with van der Waals surface area (Å²) in [6.07, 6.45) is 15.4. The molecule has 3 saturated carbocycles. The van der Waals surface area contributed by atoms with Crippen LogP contribution < -0.4 is 0 Å². The summed E-state index contributed by atoms with van der Waals surface area (Å²) in [7, 11) is 0. The number of aliphatic hydroxyl groups excluding tert-OH is 1. The topological polar surface area (TPSA) is 40.5 Å². The van der Waals surface area contributed by atoms with E-state index in [1.807, 2.05) is 0 Å². The van der Waals surface area contributed by atoms with Crippen molar-refractivity contribution in [1.29, 1.82) is 0 Å². The van der Waals surface area contributed by atoms with Gasteiger partial charge in [0.2, 0.25) is 0 Å². The predicted octanol–water partition coefficient (Wildman–Crippen LogP) is 8.00. The molecule has 3 aliphatic rings. The number of hydrogen-bond acceptors (Lipinski definition) is 2. The first-order valence-corrected chi connectivity index (χ1v) is 14.3. The molecule has 0 radical (unpaired) electrons. The van der Waals surface area contributed by atoms with E-state index in [9.17, 15) is 10.2 Å². The van der Waals surface area contributed by atoms with Crippen molar-refractivity contribution in [1.82, 2.24) is 0 Å². The summed E-state index contributed by atoms with van der Waals surface area (Å²) in [5.74, 6) is 4.07. The van der Waals surface area contributed by atoms with Gasteiger partial charge in [0.1, 0.15) is 0 Å². The smallest absolute Gasteiger partial charge is 0.0648 e. The van der Waals surface area contributed by atoms with Crippen LogP contribution in [0.25, 0.3) is 0 Å². The zero-order valence-corrected chi connectivity index (χ0v) is 22.6. The van der Waals surface area contributed by atoms with Gasteiger partial charge in [-0.2, -0.15) is 0 Å². The molecule has 3 rings (SSSR count). The maximum atomic E-state index is 11.0. The zero-order chi connectivity index (χ0) is 23.7. The molecule has 0 saturated heterocycles. The molecule has 9 atom stereocenters. The highest BCUT2D eigenvalue weighted by atomic mass is 16.3. The summed E-state index contributed by atoms with van der Waals surface area (Å²) in [5, 5.41) is 22.0. The van der Waals surface area contributed by atoms with Gasteiger partial charge in [0.15, 0.2) is 0 Å². The molecule has 3 aliphatic carbocycles. The minimum Gasteiger partial charge on any atom is -0.393 e. The normalized spacial score (nSPS) is 44.4. The Morgan fingerprint density at radius 3 is 2.34 bits per heavy atom. The number of rotatable bonds is 9. The fourth-order valence-electron chi connectivity index (χ4n) is 8.66. The lowest BCUT2D eigenvalue weighted by atomic mass is 9.49. The molecule has 2 N–H and O–H groups in total. The first kappa shape index (κ1) is 26.5. The number of fused-ring (bicyclic) bond motifs is 1. The second kappa shape index (κ2) is 10.3. The SMILES string of the molecule is CC[C@]1(O)CC[C@@]2(C)[C@@H](CC[C@@H](C)[C@@H]2CC[C@@]2(C)CCC[C@@H]2[C@H](C)[C@H](O)CCC(C)C)C1. The number of aliphatic hydroxyl groups is 2. The van der Waals surface area contributed by atoms with E-state index in [1.54, 1.807) is 0 Å². The maximum absolute atomic E-state index is 11.0. The van der Waals surface area contributed by atoms with Crippen LogP contribution >= 0.6 is 0 Å². The van der Waals surface area contributed by atoms with Crippen LogP contribution in [0.4, 0.5) is 0 Å². The Kier molecular flexibility index (Phi) is 8.51. The monoisotopic (exact) mass is 448 g/mol. The zero-order valence-electron chi connectivity index (χ0n) is 22.6. The van der Waals surface area contributed by atoms with Crippen molar-refractivity contribution in [3.05, 3.63) is 0 Å². The van der Waals surface area contributed by atoms with E-state index in [1.165, 1.54) is 51.4 Å². The molecular formula is C30H56O2. The van der Waals surface area contributed by atoms with Crippen molar-refractivity contribution >= 4 is 0 Å². The molecule has 0 amide bonds. The summed E-state index contributed by atoms with van der Waals surface area (Å²) in [6, 6.07) is 0. The quantitative estimate of drug-likeness (QED) is 0.375. The number of hydrogen-bond donors (Lipinski definition) is 2. The van der Waals surface area contributed by atoms with Crippen LogP contribution in [0.5, 0.6) is 0 Å². The fraction of sp³-hybridized carbons (Fsp3) is 1.00. The lowest BCUT2D eigenvalue weighted by molar-refractivity contribution is -0.119. The standard InChI is InChI=1S/C30H56O2/c1-8-30(32)19-18-29(7)24(20-30)13-12-22(4)25(29)15-17-28(6)16-9-10-26(28)23(5)27(31)14-11-21(2)3/h21-27,31-32H,8-20H2,1-7H3/t22-,23+,24+,25+,26-,27-,28-,29+,30+/m1/s1. The molecule has 188 valence electrons. The Bertz CT molecular complexity index is 602. The van der Waals surface area contributed by atoms with Crippen LogP contribution in [0.1, 0.15) is 132 Å². The Morgan fingerprint density at radius 1 is 0.969 bits per heavy atom. The van der Waals surface area contributed by atoms with Crippen molar-refractivity contribution in [3.63, 3.8) is 0 Å². The Hall–Kier alpha value is -0.0800. The van der Waals surface area contributed by atoms with Crippen molar-refractivity contribution in [2.24, 2.45) is 46.3 Å². The van der Waals surface area contributed by atoms with E-state index in [0.29, 0.717) is 34.5 Å². The first-order chi connectivity index (χ1) is 14.9. The minimum atomic E-state index is -0.403. The van der Waals surface area contributed by atoms with Crippen LogP contribution in [-0.4, -0.2) is 21.9 Å². The summed E-state index contributed by atoms with van der Waals surface area (Å²) < 4.78 is 0. The molecule has 0 aliphatic heterocycles. The minimum absolute atomic E-state index is 0.139. The molecule has 2 heteroatoms. The Morgan fingerprint density at radius 2 is 1.69 bits per heavy atom. The lowest BCUT2D eigenvalue weighted by Crippen LogP contribution is -2.51. The van der Waals surface area contributed by atoms with Gasteiger partial charge in [-0.1, -0.05) is 61.3 Å². The molecule has 0 aromatic rings. The van der Waals surface area contributed by atoms with Crippen LogP contribution in [0.2, 0.25) is 0 Å². The van der Waals surface area contributed by atoms with Crippen molar-refractivity contribution in [3.8, 4) is 0 Å². The molecule has 0 aromatic carbocycles. The highest BCUT2D eigenvalue weighted by Gasteiger charge is 2.53. The van der Waals surface area contributed by atoms with Gasteiger partial charge in [0.25, 0.3) is 0 Å². The van der Waals surface area contributed by atoms with Crippen LogP contribution in [0.3, 0.4) is 0 Å². The average molecular weight is 449 g/mol. The van der Waals surface area contributed by atoms with Crippen LogP contribution in [0.15, 0.2) is 0 Å². The summed E-state index contributed by atoms with van der Waals surface area (Å²) in [6.45, 7) is 16.7. The summed E-state index contributed by atoms with van der Waals surface area (Å²) >= 11 is 0. The molecule has 0 aromatic heterocycles. The highest BCUT2D eigenvalue weighted by Crippen LogP contribution is 2.60. The van der Waals surface area contributed by atoms with Crippen molar-refractivity contribution in [2.45, 2.75) is 144 Å². The third-order valence-electron chi connectivity index (χ3n) is 11.3. The Balaban J connectivity index is 1.67. The van der Waals surface area contributed by atoms with Crippen molar-refractivity contribution < 1.29 is 10.2 Å². The molecule has 0 bridgehead atoms. The van der Waals surface area contributed by atoms with Gasteiger partial charge >= 0.3 is 0 Å².